The Kier molecular flexibility index (Phi) is 4.83. The van der Waals surface area contributed by atoms with Crippen LogP contribution in [0.1, 0.15) is 17.1 Å². The highest BCUT2D eigenvalue weighted by atomic mass is 35.5. The van der Waals surface area contributed by atoms with Gasteiger partial charge in [0.05, 0.1) is 12.2 Å². The lowest BCUT2D eigenvalue weighted by atomic mass is 10.2. The van der Waals surface area contributed by atoms with Gasteiger partial charge < -0.3 is 8.94 Å². The Labute approximate surface area is 182 Å². The van der Waals surface area contributed by atoms with Crippen molar-refractivity contribution in [3.8, 4) is 34.4 Å². The quantitative estimate of drug-likeness (QED) is 0.387. The van der Waals surface area contributed by atoms with Gasteiger partial charge in [-0.05, 0) is 32.0 Å². The second kappa shape index (κ2) is 7.81. The average molecular weight is 433 g/mol. The lowest BCUT2D eigenvalue weighted by Crippen LogP contribution is -2.05. The summed E-state index contributed by atoms with van der Waals surface area (Å²) in [6.45, 7) is 4.16. The van der Waals surface area contributed by atoms with Crippen molar-refractivity contribution in [1.82, 2.24) is 30.1 Å². The number of nitrogens with zero attached hydrogens (tertiary/aromatic N) is 6. The molecule has 0 spiro atoms. The van der Waals surface area contributed by atoms with Crippen molar-refractivity contribution in [2.75, 3.05) is 0 Å². The second-order valence-corrected chi connectivity index (χ2v) is 7.44. The molecule has 5 rings (SSSR count). The van der Waals surface area contributed by atoms with E-state index in [2.05, 4.69) is 25.4 Å². The van der Waals surface area contributed by atoms with Crippen LogP contribution in [0, 0.1) is 13.8 Å². The van der Waals surface area contributed by atoms with Gasteiger partial charge in [0.25, 0.3) is 5.89 Å². The van der Waals surface area contributed by atoms with Crippen LogP contribution in [-0.4, -0.2) is 30.1 Å². The maximum atomic E-state index is 6.08. The van der Waals surface area contributed by atoms with Crippen molar-refractivity contribution in [1.29, 1.82) is 0 Å². The Bertz CT molecular complexity index is 1360. The van der Waals surface area contributed by atoms with Crippen LogP contribution >= 0.6 is 11.6 Å². The standard InChI is InChI=1S/C22H17ClN6O2/c1-13-19(22-25-20(27-31-22)15-7-4-3-5-8-15)26-28-29(13)12-18-14(2)30-21(24-18)16-9-6-10-17(23)11-16/h3-11H,12H2,1-2H3. The normalized spacial score (nSPS) is 11.2. The summed E-state index contributed by atoms with van der Waals surface area (Å²) in [4.78, 5) is 9.08. The lowest BCUT2D eigenvalue weighted by molar-refractivity contribution is 0.430. The fourth-order valence-corrected chi connectivity index (χ4v) is 3.38. The molecule has 0 aliphatic rings. The second-order valence-electron chi connectivity index (χ2n) is 7.00. The minimum Gasteiger partial charge on any atom is -0.441 e. The van der Waals surface area contributed by atoms with Crippen molar-refractivity contribution in [2.45, 2.75) is 20.4 Å². The molecule has 5 aromatic rings. The summed E-state index contributed by atoms with van der Waals surface area (Å²) in [6.07, 6.45) is 0. The average Bonchev–Trinajstić information content (AvgIpc) is 3.49. The van der Waals surface area contributed by atoms with Gasteiger partial charge in [0.2, 0.25) is 11.7 Å². The Balaban J connectivity index is 1.41. The summed E-state index contributed by atoms with van der Waals surface area (Å²) in [5.74, 6) is 2.04. The minimum absolute atomic E-state index is 0.319. The van der Waals surface area contributed by atoms with Gasteiger partial charge in [-0.25, -0.2) is 9.67 Å². The third-order valence-electron chi connectivity index (χ3n) is 4.91. The van der Waals surface area contributed by atoms with E-state index in [1.54, 1.807) is 4.68 Å². The van der Waals surface area contributed by atoms with Gasteiger partial charge in [-0.2, -0.15) is 4.98 Å². The molecule has 0 unspecified atom stereocenters. The van der Waals surface area contributed by atoms with Crippen LogP contribution in [0.3, 0.4) is 0 Å². The zero-order chi connectivity index (χ0) is 21.4. The largest absolute Gasteiger partial charge is 0.441 e. The van der Waals surface area contributed by atoms with Gasteiger partial charge in [0.1, 0.15) is 11.5 Å². The number of aryl methyl sites for hydroxylation is 1. The monoisotopic (exact) mass is 432 g/mol. The highest BCUT2D eigenvalue weighted by Gasteiger charge is 2.20. The lowest BCUT2D eigenvalue weighted by Gasteiger charge is -2.00. The maximum Gasteiger partial charge on any atom is 0.280 e. The molecule has 154 valence electrons. The summed E-state index contributed by atoms with van der Waals surface area (Å²) in [6, 6.07) is 17.0. The minimum atomic E-state index is 0.319. The first-order valence-electron chi connectivity index (χ1n) is 9.60. The molecule has 0 aliphatic heterocycles. The van der Waals surface area contributed by atoms with E-state index in [4.69, 9.17) is 20.5 Å². The van der Waals surface area contributed by atoms with E-state index >= 15 is 0 Å². The molecule has 0 bridgehead atoms. The Morgan fingerprint density at radius 1 is 0.935 bits per heavy atom. The number of halogens is 1. The van der Waals surface area contributed by atoms with Crippen LogP contribution in [0.2, 0.25) is 5.02 Å². The highest BCUT2D eigenvalue weighted by Crippen LogP contribution is 2.26. The van der Waals surface area contributed by atoms with E-state index in [-0.39, 0.29) is 0 Å². The Hall–Kier alpha value is -3.78. The third kappa shape index (κ3) is 3.73. The molecule has 0 saturated carbocycles. The number of hydrogen-bond donors (Lipinski definition) is 0. The fourth-order valence-electron chi connectivity index (χ4n) is 3.19. The van der Waals surface area contributed by atoms with Crippen molar-refractivity contribution in [3.63, 3.8) is 0 Å². The molecule has 0 radical (unpaired) electrons. The third-order valence-corrected chi connectivity index (χ3v) is 5.14. The van der Waals surface area contributed by atoms with E-state index in [1.807, 2.05) is 68.4 Å². The first kappa shape index (κ1) is 19.2. The zero-order valence-corrected chi connectivity index (χ0v) is 17.5. The summed E-state index contributed by atoms with van der Waals surface area (Å²) >= 11 is 6.08. The van der Waals surface area contributed by atoms with Gasteiger partial charge in [0, 0.05) is 16.1 Å². The number of hydrogen-bond acceptors (Lipinski definition) is 7. The van der Waals surface area contributed by atoms with Gasteiger partial charge in [-0.3, -0.25) is 0 Å². The molecular weight excluding hydrogens is 416 g/mol. The number of aromatic nitrogens is 6. The van der Waals surface area contributed by atoms with E-state index < -0.39 is 0 Å². The van der Waals surface area contributed by atoms with E-state index in [1.165, 1.54) is 0 Å². The highest BCUT2D eigenvalue weighted by molar-refractivity contribution is 6.30. The molecule has 31 heavy (non-hydrogen) atoms. The van der Waals surface area contributed by atoms with E-state index in [9.17, 15) is 0 Å². The van der Waals surface area contributed by atoms with E-state index in [0.717, 1.165) is 22.5 Å². The first-order valence-corrected chi connectivity index (χ1v) is 9.98. The molecule has 0 fully saturated rings. The van der Waals surface area contributed by atoms with Crippen molar-refractivity contribution < 1.29 is 8.94 Å². The smallest absolute Gasteiger partial charge is 0.280 e. The topological polar surface area (TPSA) is 95.7 Å². The van der Waals surface area contributed by atoms with Crippen molar-refractivity contribution in [2.24, 2.45) is 0 Å². The SMILES string of the molecule is Cc1oc(-c2cccc(Cl)c2)nc1Cn1nnc(-c2nc(-c3ccccc3)no2)c1C. The predicted octanol–water partition coefficient (Wildman–Crippen LogP) is 4.97. The molecule has 0 aliphatic carbocycles. The van der Waals surface area contributed by atoms with Crippen molar-refractivity contribution >= 4 is 11.6 Å². The van der Waals surface area contributed by atoms with Gasteiger partial charge in [-0.15, -0.1) is 5.10 Å². The van der Waals surface area contributed by atoms with Crippen LogP contribution in [0.4, 0.5) is 0 Å². The summed E-state index contributed by atoms with van der Waals surface area (Å²) in [7, 11) is 0. The summed E-state index contributed by atoms with van der Waals surface area (Å²) < 4.78 is 13.0. The van der Waals surface area contributed by atoms with Crippen LogP contribution in [0.5, 0.6) is 0 Å². The maximum absolute atomic E-state index is 6.08. The molecule has 0 amide bonds. The molecule has 0 saturated heterocycles. The zero-order valence-electron chi connectivity index (χ0n) is 16.8. The van der Waals surface area contributed by atoms with Crippen molar-refractivity contribution in [3.05, 3.63) is 76.8 Å². The Morgan fingerprint density at radius 3 is 2.55 bits per heavy atom. The molecule has 3 heterocycles. The molecule has 9 heteroatoms. The molecule has 2 aromatic carbocycles. The van der Waals surface area contributed by atoms with Gasteiger partial charge in [-0.1, -0.05) is 58.4 Å². The van der Waals surface area contributed by atoms with Crippen LogP contribution in [0.25, 0.3) is 34.4 Å². The molecular formula is C22H17ClN6O2. The van der Waals surface area contributed by atoms with Crippen LogP contribution in [-0.2, 0) is 6.54 Å². The van der Waals surface area contributed by atoms with Crippen LogP contribution in [0.15, 0.2) is 63.5 Å². The Morgan fingerprint density at radius 2 is 1.74 bits per heavy atom. The molecule has 3 aromatic heterocycles. The molecule has 0 N–H and O–H groups in total. The number of rotatable bonds is 5. The number of oxazole rings is 1. The van der Waals surface area contributed by atoms with E-state index in [0.29, 0.717) is 40.6 Å². The molecule has 8 nitrogen and oxygen atoms in total. The predicted molar refractivity (Wildman–Crippen MR) is 114 cm³/mol. The van der Waals surface area contributed by atoms with Gasteiger partial charge >= 0.3 is 0 Å². The summed E-state index contributed by atoms with van der Waals surface area (Å²) in [5, 5.41) is 13.2. The van der Waals surface area contributed by atoms with Gasteiger partial charge in [0.15, 0.2) is 5.69 Å². The fraction of sp³-hybridized carbons (Fsp3) is 0.136. The molecule has 0 atom stereocenters. The van der Waals surface area contributed by atoms with Crippen LogP contribution < -0.4 is 0 Å². The first-order chi connectivity index (χ1) is 15.1. The summed E-state index contributed by atoms with van der Waals surface area (Å²) in [5.41, 5.74) is 3.76. The number of benzene rings is 2.